The maximum Gasteiger partial charge on any atom is 0.336 e. The van der Waals surface area contributed by atoms with Crippen LogP contribution in [0.15, 0.2) is 51.7 Å². The third-order valence-corrected chi connectivity index (χ3v) is 6.04. The van der Waals surface area contributed by atoms with Crippen molar-refractivity contribution in [3.8, 4) is 0 Å². The van der Waals surface area contributed by atoms with E-state index in [0.717, 1.165) is 35.2 Å². The molecule has 0 spiro atoms. The quantitative estimate of drug-likeness (QED) is 0.624. The summed E-state index contributed by atoms with van der Waals surface area (Å²) in [6.45, 7) is 9.84. The van der Waals surface area contributed by atoms with Crippen molar-refractivity contribution in [1.29, 1.82) is 0 Å². The van der Waals surface area contributed by atoms with Gasteiger partial charge >= 0.3 is 5.63 Å². The van der Waals surface area contributed by atoms with Crippen LogP contribution in [0, 0.1) is 20.8 Å². The zero-order valence-corrected chi connectivity index (χ0v) is 17.9. The molecule has 4 rings (SSSR count). The van der Waals surface area contributed by atoms with E-state index in [2.05, 4.69) is 17.9 Å². The number of amides is 1. The predicted octanol–water partition coefficient (Wildman–Crippen LogP) is 3.61. The molecule has 30 heavy (non-hydrogen) atoms. The number of fused-ring (bicyclic) bond motifs is 1. The summed E-state index contributed by atoms with van der Waals surface area (Å²) in [6, 6.07) is 13.8. The number of carbonyl (C=O) groups is 1. The van der Waals surface area contributed by atoms with Gasteiger partial charge in [-0.05, 0) is 55.2 Å². The molecule has 2 heterocycles. The summed E-state index contributed by atoms with van der Waals surface area (Å²) in [5, 5.41) is 0.996. The Labute approximate surface area is 176 Å². The van der Waals surface area contributed by atoms with Crippen LogP contribution in [0.2, 0.25) is 0 Å². The highest BCUT2D eigenvalue weighted by molar-refractivity contribution is 5.82. The Balaban J connectivity index is 1.41. The minimum atomic E-state index is -0.312. The van der Waals surface area contributed by atoms with Crippen molar-refractivity contribution in [3.05, 3.63) is 80.7 Å². The lowest BCUT2D eigenvalue weighted by atomic mass is 10.0. The lowest BCUT2D eigenvalue weighted by Crippen LogP contribution is -2.48. The zero-order chi connectivity index (χ0) is 21.3. The van der Waals surface area contributed by atoms with Crippen molar-refractivity contribution in [2.24, 2.45) is 0 Å². The van der Waals surface area contributed by atoms with Crippen LogP contribution in [-0.4, -0.2) is 41.9 Å². The molecule has 0 bridgehead atoms. The zero-order valence-electron chi connectivity index (χ0n) is 17.9. The van der Waals surface area contributed by atoms with Gasteiger partial charge in [-0.25, -0.2) is 4.79 Å². The number of piperazine rings is 1. The van der Waals surface area contributed by atoms with Crippen molar-refractivity contribution in [1.82, 2.24) is 9.80 Å². The van der Waals surface area contributed by atoms with Crippen LogP contribution in [-0.2, 0) is 17.8 Å². The summed E-state index contributed by atoms with van der Waals surface area (Å²) in [5.41, 5.74) is 5.88. The summed E-state index contributed by atoms with van der Waals surface area (Å²) in [5.74, 6) is 0.176. The molecule has 1 aromatic heterocycles. The van der Waals surface area contributed by atoms with E-state index in [1.165, 1.54) is 11.1 Å². The maximum atomic E-state index is 12.7. The molecule has 0 unspecified atom stereocenters. The van der Waals surface area contributed by atoms with Gasteiger partial charge in [0.1, 0.15) is 5.58 Å². The average molecular weight is 405 g/mol. The molecule has 0 aliphatic carbocycles. The third kappa shape index (κ3) is 4.46. The second-order valence-electron chi connectivity index (χ2n) is 8.34. The minimum Gasteiger partial charge on any atom is -0.423 e. The van der Waals surface area contributed by atoms with Gasteiger partial charge in [0, 0.05) is 44.2 Å². The molecule has 0 saturated carbocycles. The molecule has 1 saturated heterocycles. The molecular weight excluding hydrogens is 376 g/mol. The molecular formula is C25H28N2O3. The van der Waals surface area contributed by atoms with E-state index in [4.69, 9.17) is 4.42 Å². The van der Waals surface area contributed by atoms with Gasteiger partial charge in [0.25, 0.3) is 0 Å². The fourth-order valence-electron chi connectivity index (χ4n) is 4.00. The minimum absolute atomic E-state index is 0.176. The summed E-state index contributed by atoms with van der Waals surface area (Å²) in [6.07, 6.45) is 0.448. The van der Waals surface area contributed by atoms with Gasteiger partial charge in [0.05, 0.1) is 6.42 Å². The lowest BCUT2D eigenvalue weighted by molar-refractivity contribution is -0.132. The molecule has 0 N–H and O–H groups in total. The van der Waals surface area contributed by atoms with Crippen molar-refractivity contribution in [2.45, 2.75) is 33.7 Å². The molecule has 1 amide bonds. The first kappa shape index (κ1) is 20.4. The molecule has 5 nitrogen and oxygen atoms in total. The Morgan fingerprint density at radius 1 is 0.933 bits per heavy atom. The standard InChI is InChI=1S/C25H28N2O3/c1-17-4-6-20(7-5-17)14-24(28)27-10-8-26(9-11-27)16-21-15-25(29)30-23-13-19(3)18(2)12-22(21)23/h4-7,12-13,15H,8-11,14,16H2,1-3H3. The first-order valence-electron chi connectivity index (χ1n) is 10.5. The highest BCUT2D eigenvalue weighted by Gasteiger charge is 2.22. The van der Waals surface area contributed by atoms with E-state index in [0.29, 0.717) is 31.6 Å². The summed E-state index contributed by atoms with van der Waals surface area (Å²) < 4.78 is 5.41. The Bertz CT molecular complexity index is 1120. The van der Waals surface area contributed by atoms with E-state index >= 15 is 0 Å². The topological polar surface area (TPSA) is 53.8 Å². The van der Waals surface area contributed by atoms with Crippen LogP contribution in [0.4, 0.5) is 0 Å². The monoisotopic (exact) mass is 404 g/mol. The Hall–Kier alpha value is -2.92. The number of hydrogen-bond donors (Lipinski definition) is 0. The van der Waals surface area contributed by atoms with E-state index in [1.807, 2.05) is 49.1 Å². The van der Waals surface area contributed by atoms with Gasteiger partial charge in [0.2, 0.25) is 5.91 Å². The van der Waals surface area contributed by atoms with E-state index in [9.17, 15) is 9.59 Å². The molecule has 0 radical (unpaired) electrons. The van der Waals surface area contributed by atoms with E-state index < -0.39 is 0 Å². The van der Waals surface area contributed by atoms with Gasteiger partial charge < -0.3 is 9.32 Å². The highest BCUT2D eigenvalue weighted by Crippen LogP contribution is 2.23. The molecule has 3 aromatic rings. The van der Waals surface area contributed by atoms with Gasteiger partial charge in [0.15, 0.2) is 0 Å². The fourth-order valence-corrected chi connectivity index (χ4v) is 4.00. The highest BCUT2D eigenvalue weighted by atomic mass is 16.4. The van der Waals surface area contributed by atoms with Crippen molar-refractivity contribution in [2.75, 3.05) is 26.2 Å². The largest absolute Gasteiger partial charge is 0.423 e. The number of rotatable bonds is 4. The molecule has 156 valence electrons. The van der Waals surface area contributed by atoms with E-state index in [-0.39, 0.29) is 11.5 Å². The summed E-state index contributed by atoms with van der Waals surface area (Å²) >= 11 is 0. The SMILES string of the molecule is Cc1ccc(CC(=O)N2CCN(Cc3cc(=O)oc4cc(C)c(C)cc34)CC2)cc1. The van der Waals surface area contributed by atoms with Crippen LogP contribution in [0.3, 0.4) is 0 Å². The number of aryl methyl sites for hydroxylation is 3. The lowest BCUT2D eigenvalue weighted by Gasteiger charge is -2.35. The van der Waals surface area contributed by atoms with Crippen LogP contribution < -0.4 is 5.63 Å². The molecule has 1 aliphatic heterocycles. The van der Waals surface area contributed by atoms with Crippen molar-refractivity contribution < 1.29 is 9.21 Å². The van der Waals surface area contributed by atoms with Crippen LogP contribution >= 0.6 is 0 Å². The average Bonchev–Trinajstić information content (AvgIpc) is 2.71. The fraction of sp³-hybridized carbons (Fsp3) is 0.360. The normalized spacial score (nSPS) is 15.0. The first-order chi connectivity index (χ1) is 14.4. The first-order valence-corrected chi connectivity index (χ1v) is 10.5. The number of carbonyl (C=O) groups excluding carboxylic acids is 1. The molecule has 0 atom stereocenters. The molecule has 2 aromatic carbocycles. The number of hydrogen-bond acceptors (Lipinski definition) is 4. The van der Waals surface area contributed by atoms with E-state index in [1.54, 1.807) is 6.07 Å². The second kappa shape index (κ2) is 8.44. The van der Waals surface area contributed by atoms with Gasteiger partial charge in [-0.1, -0.05) is 29.8 Å². The summed E-state index contributed by atoms with van der Waals surface area (Å²) in [4.78, 5) is 29.0. The maximum absolute atomic E-state index is 12.7. The molecule has 1 fully saturated rings. The van der Waals surface area contributed by atoms with Crippen molar-refractivity contribution in [3.63, 3.8) is 0 Å². The third-order valence-electron chi connectivity index (χ3n) is 6.04. The van der Waals surface area contributed by atoms with Crippen LogP contribution in [0.25, 0.3) is 11.0 Å². The van der Waals surface area contributed by atoms with Crippen LogP contribution in [0.5, 0.6) is 0 Å². The second-order valence-corrected chi connectivity index (χ2v) is 8.34. The molecule has 1 aliphatic rings. The Morgan fingerprint density at radius 2 is 1.60 bits per heavy atom. The summed E-state index contributed by atoms with van der Waals surface area (Å²) in [7, 11) is 0. The smallest absolute Gasteiger partial charge is 0.336 e. The van der Waals surface area contributed by atoms with Crippen LogP contribution in [0.1, 0.15) is 27.8 Å². The van der Waals surface area contributed by atoms with Gasteiger partial charge in [-0.2, -0.15) is 0 Å². The number of benzene rings is 2. The van der Waals surface area contributed by atoms with Crippen molar-refractivity contribution >= 4 is 16.9 Å². The Morgan fingerprint density at radius 3 is 2.30 bits per heavy atom. The Kier molecular flexibility index (Phi) is 5.73. The van der Waals surface area contributed by atoms with Gasteiger partial charge in [-0.15, -0.1) is 0 Å². The molecule has 5 heteroatoms. The predicted molar refractivity (Wildman–Crippen MR) is 119 cm³/mol. The van der Waals surface area contributed by atoms with Gasteiger partial charge in [-0.3, -0.25) is 9.69 Å². The number of nitrogens with zero attached hydrogens (tertiary/aromatic N) is 2.